The van der Waals surface area contributed by atoms with Crippen LogP contribution in [0.3, 0.4) is 0 Å². The van der Waals surface area contributed by atoms with Crippen molar-refractivity contribution in [2.75, 3.05) is 31.6 Å². The van der Waals surface area contributed by atoms with Crippen molar-refractivity contribution < 1.29 is 14.3 Å². The smallest absolute Gasteiger partial charge is 0.418 e. The standard InChI is InChI=1S/C14H19N3O3S/c1-4-7-21-10-5-6-11-12(8-10)16-13(15-11)17(9-19-2)14(18)20-3/h5-6,8H,4,7,9H2,1-3H3,(H,15,16). The van der Waals surface area contributed by atoms with Crippen LogP contribution in [0.5, 0.6) is 0 Å². The molecule has 6 nitrogen and oxygen atoms in total. The molecular weight excluding hydrogens is 290 g/mol. The fourth-order valence-corrected chi connectivity index (χ4v) is 2.66. The van der Waals surface area contributed by atoms with Crippen LogP contribution in [0.15, 0.2) is 23.1 Å². The Bertz CT molecular complexity index is 615. The summed E-state index contributed by atoms with van der Waals surface area (Å²) in [5.41, 5.74) is 1.69. The molecule has 0 saturated carbocycles. The summed E-state index contributed by atoms with van der Waals surface area (Å²) in [7, 11) is 2.84. The van der Waals surface area contributed by atoms with E-state index in [2.05, 4.69) is 16.9 Å². The molecule has 2 aromatic rings. The average molecular weight is 309 g/mol. The van der Waals surface area contributed by atoms with Gasteiger partial charge in [0.2, 0.25) is 5.95 Å². The van der Waals surface area contributed by atoms with E-state index in [9.17, 15) is 4.79 Å². The third-order valence-electron chi connectivity index (χ3n) is 2.82. The number of fused-ring (bicyclic) bond motifs is 1. The molecule has 21 heavy (non-hydrogen) atoms. The first-order valence-electron chi connectivity index (χ1n) is 6.66. The Labute approximate surface area is 127 Å². The van der Waals surface area contributed by atoms with Crippen LogP contribution in [-0.2, 0) is 9.47 Å². The number of hydrogen-bond donors (Lipinski definition) is 1. The fraction of sp³-hybridized carbons (Fsp3) is 0.429. The van der Waals surface area contributed by atoms with Gasteiger partial charge in [-0.1, -0.05) is 6.92 Å². The number of H-pyrrole nitrogens is 1. The van der Waals surface area contributed by atoms with E-state index in [-0.39, 0.29) is 6.73 Å². The number of ether oxygens (including phenoxy) is 2. The lowest BCUT2D eigenvalue weighted by Crippen LogP contribution is -2.33. The van der Waals surface area contributed by atoms with Crippen LogP contribution in [0.4, 0.5) is 10.7 Å². The van der Waals surface area contributed by atoms with Crippen LogP contribution in [0.1, 0.15) is 13.3 Å². The third kappa shape index (κ3) is 3.68. The Morgan fingerprint density at radius 1 is 1.43 bits per heavy atom. The van der Waals surface area contributed by atoms with Gasteiger partial charge in [0.1, 0.15) is 6.73 Å². The van der Waals surface area contributed by atoms with Crippen LogP contribution < -0.4 is 4.90 Å². The van der Waals surface area contributed by atoms with E-state index in [0.29, 0.717) is 5.95 Å². The molecule has 0 aliphatic heterocycles. The minimum Gasteiger partial charge on any atom is -0.452 e. The summed E-state index contributed by atoms with van der Waals surface area (Å²) in [6, 6.07) is 6.01. The number of hydrogen-bond acceptors (Lipinski definition) is 5. The predicted octanol–water partition coefficient (Wildman–Crippen LogP) is 3.24. The number of benzene rings is 1. The molecule has 7 heteroatoms. The second-order valence-electron chi connectivity index (χ2n) is 4.40. The number of imidazole rings is 1. The first-order valence-corrected chi connectivity index (χ1v) is 7.65. The maximum atomic E-state index is 11.7. The van der Waals surface area contributed by atoms with Crippen LogP contribution in [0.2, 0.25) is 0 Å². The molecule has 0 saturated heterocycles. The van der Waals surface area contributed by atoms with Gasteiger partial charge in [-0.3, -0.25) is 0 Å². The van der Waals surface area contributed by atoms with Crippen LogP contribution >= 0.6 is 11.8 Å². The van der Waals surface area contributed by atoms with Gasteiger partial charge in [-0.05, 0) is 30.4 Å². The summed E-state index contributed by atoms with van der Waals surface area (Å²) in [6.07, 6.45) is 0.609. The first kappa shape index (κ1) is 15.7. The van der Waals surface area contributed by atoms with Gasteiger partial charge in [-0.15, -0.1) is 11.8 Å². The van der Waals surface area contributed by atoms with Gasteiger partial charge in [0.25, 0.3) is 0 Å². The van der Waals surface area contributed by atoms with Crippen LogP contribution in [0.25, 0.3) is 11.0 Å². The quantitative estimate of drug-likeness (QED) is 0.655. The molecule has 1 heterocycles. The topological polar surface area (TPSA) is 67.5 Å². The van der Waals surface area contributed by atoms with Gasteiger partial charge < -0.3 is 14.5 Å². The zero-order valence-corrected chi connectivity index (χ0v) is 13.2. The van der Waals surface area contributed by atoms with Crippen molar-refractivity contribution in [3.63, 3.8) is 0 Å². The van der Waals surface area contributed by atoms with Gasteiger partial charge in [-0.25, -0.2) is 14.7 Å². The number of carbonyl (C=O) groups excluding carboxylic acids is 1. The van der Waals surface area contributed by atoms with Crippen molar-refractivity contribution in [1.29, 1.82) is 0 Å². The Hall–Kier alpha value is -1.73. The van der Waals surface area contributed by atoms with Crippen molar-refractivity contribution in [3.8, 4) is 0 Å². The fourth-order valence-electron chi connectivity index (χ4n) is 1.85. The largest absolute Gasteiger partial charge is 0.452 e. The highest BCUT2D eigenvalue weighted by molar-refractivity contribution is 7.99. The van der Waals surface area contributed by atoms with Crippen molar-refractivity contribution in [2.45, 2.75) is 18.2 Å². The Kier molecular flexibility index (Phi) is 5.46. The van der Waals surface area contributed by atoms with Crippen LogP contribution in [0, 0.1) is 0 Å². The molecule has 114 valence electrons. The van der Waals surface area contributed by atoms with Gasteiger partial charge in [0.05, 0.1) is 18.1 Å². The van der Waals surface area contributed by atoms with Crippen molar-refractivity contribution in [3.05, 3.63) is 18.2 Å². The van der Waals surface area contributed by atoms with Gasteiger partial charge in [-0.2, -0.15) is 0 Å². The molecule has 0 bridgehead atoms. The number of aromatic nitrogens is 2. The number of amides is 1. The highest BCUT2D eigenvalue weighted by Gasteiger charge is 2.19. The second-order valence-corrected chi connectivity index (χ2v) is 5.57. The molecule has 1 aromatic carbocycles. The van der Waals surface area contributed by atoms with Crippen molar-refractivity contribution in [1.82, 2.24) is 9.97 Å². The SMILES string of the molecule is CCCSc1ccc2nc(N(COC)C(=O)OC)[nH]c2c1. The molecule has 0 spiro atoms. The predicted molar refractivity (Wildman–Crippen MR) is 83.9 cm³/mol. The van der Waals surface area contributed by atoms with E-state index in [1.54, 1.807) is 11.8 Å². The van der Waals surface area contributed by atoms with Gasteiger partial charge in [0.15, 0.2) is 0 Å². The normalized spacial score (nSPS) is 10.8. The van der Waals surface area contributed by atoms with Gasteiger partial charge >= 0.3 is 6.09 Å². The number of rotatable bonds is 6. The summed E-state index contributed by atoms with van der Waals surface area (Å²) in [5, 5.41) is 0. The number of methoxy groups -OCH3 is 2. The molecule has 2 rings (SSSR count). The molecule has 1 amide bonds. The summed E-state index contributed by atoms with van der Waals surface area (Å²) < 4.78 is 9.75. The zero-order chi connectivity index (χ0) is 15.2. The number of thioether (sulfide) groups is 1. The van der Waals surface area contributed by atoms with E-state index in [0.717, 1.165) is 23.2 Å². The minimum absolute atomic E-state index is 0.0734. The number of carbonyl (C=O) groups is 1. The maximum Gasteiger partial charge on any atom is 0.418 e. The van der Waals surface area contributed by atoms with E-state index in [1.807, 2.05) is 18.2 Å². The summed E-state index contributed by atoms with van der Waals surface area (Å²) >= 11 is 1.80. The molecule has 0 radical (unpaired) electrons. The van der Waals surface area contributed by atoms with Gasteiger partial charge in [0, 0.05) is 12.0 Å². The molecule has 0 aliphatic rings. The monoisotopic (exact) mass is 309 g/mol. The molecule has 1 N–H and O–H groups in total. The summed E-state index contributed by atoms with van der Waals surface area (Å²) in [6.45, 7) is 2.22. The molecule has 0 atom stereocenters. The van der Waals surface area contributed by atoms with E-state index in [1.165, 1.54) is 24.0 Å². The highest BCUT2D eigenvalue weighted by atomic mass is 32.2. The number of nitrogens with one attached hydrogen (secondary N) is 1. The average Bonchev–Trinajstić information content (AvgIpc) is 2.92. The lowest BCUT2D eigenvalue weighted by atomic mass is 10.3. The zero-order valence-electron chi connectivity index (χ0n) is 12.4. The van der Waals surface area contributed by atoms with E-state index >= 15 is 0 Å². The summed E-state index contributed by atoms with van der Waals surface area (Å²) in [4.78, 5) is 21.8. The first-order chi connectivity index (χ1) is 10.2. The number of aromatic amines is 1. The lowest BCUT2D eigenvalue weighted by molar-refractivity contribution is 0.152. The molecular formula is C14H19N3O3S. The molecule has 0 aliphatic carbocycles. The molecule has 0 fully saturated rings. The van der Waals surface area contributed by atoms with E-state index in [4.69, 9.17) is 9.47 Å². The highest BCUT2D eigenvalue weighted by Crippen LogP contribution is 2.25. The Morgan fingerprint density at radius 2 is 2.24 bits per heavy atom. The van der Waals surface area contributed by atoms with Crippen LogP contribution in [-0.4, -0.2) is 42.8 Å². The Morgan fingerprint density at radius 3 is 2.90 bits per heavy atom. The third-order valence-corrected chi connectivity index (χ3v) is 4.02. The van der Waals surface area contributed by atoms with E-state index < -0.39 is 6.09 Å². The second kappa shape index (κ2) is 7.33. The minimum atomic E-state index is -0.517. The number of nitrogens with zero attached hydrogens (tertiary/aromatic N) is 2. The number of anilines is 1. The Balaban J connectivity index is 2.29. The molecule has 1 aromatic heterocycles. The summed E-state index contributed by atoms with van der Waals surface area (Å²) in [5.74, 6) is 1.49. The lowest BCUT2D eigenvalue weighted by Gasteiger charge is -2.16. The molecule has 0 unspecified atom stereocenters. The maximum absolute atomic E-state index is 11.7. The van der Waals surface area contributed by atoms with Crippen molar-refractivity contribution in [2.24, 2.45) is 0 Å². The van der Waals surface area contributed by atoms with Crippen molar-refractivity contribution >= 4 is 34.8 Å².